The molecule has 0 atom stereocenters. The highest BCUT2D eigenvalue weighted by atomic mass is 32.2. The van der Waals surface area contributed by atoms with Gasteiger partial charge >= 0.3 is 0 Å². The highest BCUT2D eigenvalue weighted by Gasteiger charge is 2.17. The van der Waals surface area contributed by atoms with Crippen LogP contribution in [0.5, 0.6) is 0 Å². The third kappa shape index (κ3) is 6.31. The molecule has 0 saturated heterocycles. The third-order valence-electron chi connectivity index (χ3n) is 3.49. The number of benzene rings is 2. The molecule has 0 fully saturated rings. The number of hydrogen-bond donors (Lipinski definition) is 0. The van der Waals surface area contributed by atoms with Crippen LogP contribution < -0.4 is 0 Å². The first-order valence-electron chi connectivity index (χ1n) is 8.88. The lowest BCUT2D eigenvalue weighted by Crippen LogP contribution is -2.02. The Morgan fingerprint density at radius 2 is 0.889 bits per heavy atom. The molecule has 3 heteroatoms. The Labute approximate surface area is 163 Å². The Bertz CT molecular complexity index is 939. The molecule has 0 heterocycles. The summed E-state index contributed by atoms with van der Waals surface area (Å²) in [5.74, 6) is 12.4. The van der Waals surface area contributed by atoms with Crippen molar-refractivity contribution in [3.8, 4) is 23.7 Å². The van der Waals surface area contributed by atoms with Gasteiger partial charge < -0.3 is 0 Å². The summed E-state index contributed by atoms with van der Waals surface area (Å²) in [7, 11) is -3.56. The van der Waals surface area contributed by atoms with Gasteiger partial charge in [-0.25, -0.2) is 8.42 Å². The van der Waals surface area contributed by atoms with Crippen molar-refractivity contribution in [3.63, 3.8) is 0 Å². The van der Waals surface area contributed by atoms with E-state index >= 15 is 0 Å². The minimum Gasteiger partial charge on any atom is -0.219 e. The van der Waals surface area contributed by atoms with Crippen LogP contribution in [0.4, 0.5) is 0 Å². The van der Waals surface area contributed by atoms with Crippen LogP contribution in [0.25, 0.3) is 0 Å². The number of sulfone groups is 1. The van der Waals surface area contributed by atoms with E-state index in [0.29, 0.717) is 0 Å². The average Bonchev–Trinajstić information content (AvgIpc) is 2.58. The van der Waals surface area contributed by atoms with Gasteiger partial charge in [0.25, 0.3) is 0 Å². The van der Waals surface area contributed by atoms with Crippen LogP contribution in [-0.2, 0) is 9.84 Å². The number of rotatable bonds is 2. The van der Waals surface area contributed by atoms with Gasteiger partial charge in [0.1, 0.15) is 0 Å². The van der Waals surface area contributed by atoms with Gasteiger partial charge in [0, 0.05) is 22.0 Å². The molecule has 0 aromatic heterocycles. The quantitative estimate of drug-likeness (QED) is 0.663. The van der Waals surface area contributed by atoms with Crippen LogP contribution in [0.2, 0.25) is 0 Å². The SMILES string of the molecule is CC(C)(C)C#Cc1ccc(S(=O)(=O)c2ccc(C#CC(C)(C)C)cc2)cc1. The van der Waals surface area contributed by atoms with E-state index in [2.05, 4.69) is 23.7 Å². The highest BCUT2D eigenvalue weighted by Crippen LogP contribution is 2.22. The molecule has 0 aliphatic rings. The van der Waals surface area contributed by atoms with Crippen LogP contribution in [0.15, 0.2) is 58.3 Å². The Morgan fingerprint density at radius 1 is 0.593 bits per heavy atom. The summed E-state index contributed by atoms with van der Waals surface area (Å²) < 4.78 is 25.6. The second-order valence-electron chi connectivity index (χ2n) is 8.55. The molecule has 0 bridgehead atoms. The topological polar surface area (TPSA) is 34.1 Å². The van der Waals surface area contributed by atoms with Gasteiger partial charge in [-0.2, -0.15) is 0 Å². The molecule has 2 aromatic rings. The fourth-order valence-electron chi connectivity index (χ4n) is 2.09. The van der Waals surface area contributed by atoms with Crippen LogP contribution in [0, 0.1) is 34.5 Å². The van der Waals surface area contributed by atoms with Crippen molar-refractivity contribution in [1.29, 1.82) is 0 Å². The van der Waals surface area contributed by atoms with Crippen molar-refractivity contribution in [3.05, 3.63) is 59.7 Å². The van der Waals surface area contributed by atoms with Crippen molar-refractivity contribution in [2.75, 3.05) is 0 Å². The van der Waals surface area contributed by atoms with E-state index in [1.165, 1.54) is 0 Å². The summed E-state index contributed by atoms with van der Waals surface area (Å²) in [6.07, 6.45) is 0. The second-order valence-corrected chi connectivity index (χ2v) is 10.5. The van der Waals surface area contributed by atoms with E-state index in [1.54, 1.807) is 48.5 Å². The summed E-state index contributed by atoms with van der Waals surface area (Å²) in [6, 6.07) is 13.4. The molecule has 2 aromatic carbocycles. The zero-order chi connectivity index (χ0) is 20.3. The molecule has 0 unspecified atom stereocenters. The van der Waals surface area contributed by atoms with Crippen LogP contribution >= 0.6 is 0 Å². The molecular formula is C24H26O2S. The Balaban J connectivity index is 2.27. The minimum absolute atomic E-state index is 0.0949. The molecule has 0 spiro atoms. The first-order valence-corrected chi connectivity index (χ1v) is 10.4. The molecule has 0 radical (unpaired) electrons. The van der Waals surface area contributed by atoms with Crippen LogP contribution in [-0.4, -0.2) is 8.42 Å². The van der Waals surface area contributed by atoms with E-state index in [-0.39, 0.29) is 20.6 Å². The summed E-state index contributed by atoms with van der Waals surface area (Å²) in [6.45, 7) is 12.2. The fourth-order valence-corrected chi connectivity index (χ4v) is 3.35. The molecule has 0 saturated carbocycles. The van der Waals surface area contributed by atoms with E-state index in [4.69, 9.17) is 0 Å². The maximum Gasteiger partial charge on any atom is 0.206 e. The van der Waals surface area contributed by atoms with Gasteiger partial charge in [-0.3, -0.25) is 0 Å². The van der Waals surface area contributed by atoms with E-state index in [0.717, 1.165) is 11.1 Å². The summed E-state index contributed by atoms with van der Waals surface area (Å²) in [5, 5.41) is 0. The number of hydrogen-bond acceptors (Lipinski definition) is 2. The first kappa shape index (κ1) is 20.8. The van der Waals surface area contributed by atoms with Gasteiger partial charge in [-0.05, 0) is 90.1 Å². The molecule has 140 valence electrons. The normalized spacial score (nSPS) is 11.8. The lowest BCUT2D eigenvalue weighted by Gasteiger charge is -2.08. The Hall–Kier alpha value is -2.49. The molecule has 2 rings (SSSR count). The smallest absolute Gasteiger partial charge is 0.206 e. The first-order chi connectivity index (χ1) is 12.4. The zero-order valence-corrected chi connectivity index (χ0v) is 17.7. The van der Waals surface area contributed by atoms with Crippen molar-refractivity contribution in [2.24, 2.45) is 10.8 Å². The maximum atomic E-state index is 12.8. The van der Waals surface area contributed by atoms with Gasteiger partial charge in [-0.15, -0.1) is 0 Å². The van der Waals surface area contributed by atoms with E-state index in [9.17, 15) is 8.42 Å². The standard InChI is InChI=1S/C24H26O2S/c1-23(2,3)17-15-19-7-11-21(12-8-19)27(25,26)22-13-9-20(10-14-22)16-18-24(4,5)6/h7-14H,1-6H3. The molecule has 0 aliphatic heterocycles. The minimum atomic E-state index is -3.56. The lowest BCUT2D eigenvalue weighted by atomic mass is 9.97. The molecule has 27 heavy (non-hydrogen) atoms. The van der Waals surface area contributed by atoms with Gasteiger partial charge in [0.2, 0.25) is 9.84 Å². The summed E-state index contributed by atoms with van der Waals surface area (Å²) >= 11 is 0. The summed E-state index contributed by atoms with van der Waals surface area (Å²) in [4.78, 5) is 0.523. The second kappa shape index (κ2) is 7.63. The average molecular weight is 379 g/mol. The highest BCUT2D eigenvalue weighted by molar-refractivity contribution is 7.91. The molecule has 0 amide bonds. The summed E-state index contributed by atoms with van der Waals surface area (Å²) in [5.41, 5.74) is 1.42. The molecular weight excluding hydrogens is 352 g/mol. The lowest BCUT2D eigenvalue weighted by molar-refractivity contribution is 0.570. The van der Waals surface area contributed by atoms with E-state index < -0.39 is 9.84 Å². The van der Waals surface area contributed by atoms with Gasteiger partial charge in [0.05, 0.1) is 9.79 Å². The van der Waals surface area contributed by atoms with Crippen molar-refractivity contribution in [2.45, 2.75) is 51.3 Å². The fraction of sp³-hybridized carbons (Fsp3) is 0.333. The Kier molecular flexibility index (Phi) is 5.88. The van der Waals surface area contributed by atoms with Crippen molar-refractivity contribution in [1.82, 2.24) is 0 Å². The third-order valence-corrected chi connectivity index (χ3v) is 5.28. The van der Waals surface area contributed by atoms with Crippen LogP contribution in [0.1, 0.15) is 52.7 Å². The largest absolute Gasteiger partial charge is 0.219 e. The van der Waals surface area contributed by atoms with Crippen LogP contribution in [0.3, 0.4) is 0 Å². The van der Waals surface area contributed by atoms with Gasteiger partial charge in [-0.1, -0.05) is 23.7 Å². The molecule has 0 aliphatic carbocycles. The Morgan fingerprint density at radius 3 is 1.15 bits per heavy atom. The molecule has 0 N–H and O–H groups in total. The zero-order valence-electron chi connectivity index (χ0n) is 16.8. The van der Waals surface area contributed by atoms with Crippen molar-refractivity contribution >= 4 is 9.84 Å². The van der Waals surface area contributed by atoms with Gasteiger partial charge in [0.15, 0.2) is 0 Å². The molecule has 2 nitrogen and oxygen atoms in total. The van der Waals surface area contributed by atoms with Crippen molar-refractivity contribution < 1.29 is 8.42 Å². The van der Waals surface area contributed by atoms with E-state index in [1.807, 2.05) is 41.5 Å². The maximum absolute atomic E-state index is 12.8. The predicted molar refractivity (Wildman–Crippen MR) is 111 cm³/mol. The predicted octanol–water partition coefficient (Wildman–Crippen LogP) is 5.31. The monoisotopic (exact) mass is 378 g/mol.